The number of ether oxygens (including phenoxy) is 1. The minimum Gasteiger partial charge on any atom is -0.481 e. The predicted molar refractivity (Wildman–Crippen MR) is 75.1 cm³/mol. The van der Waals surface area contributed by atoms with Crippen molar-refractivity contribution in [3.05, 3.63) is 23.9 Å². The quantitative estimate of drug-likeness (QED) is 0.892. The van der Waals surface area contributed by atoms with Crippen LogP contribution in [0.5, 0.6) is 5.88 Å². The van der Waals surface area contributed by atoms with E-state index in [2.05, 4.69) is 28.2 Å². The van der Waals surface area contributed by atoms with Crippen LogP contribution >= 0.6 is 0 Å². The molecule has 3 unspecified atom stereocenters. The summed E-state index contributed by atoms with van der Waals surface area (Å²) < 4.78 is 5.21. The summed E-state index contributed by atoms with van der Waals surface area (Å²) in [7, 11) is 1.67. The molecular formula is C15H23N3O. The van der Waals surface area contributed by atoms with E-state index in [4.69, 9.17) is 4.74 Å². The SMILES string of the molecule is CCC1C2CNCC2CN1Cc1cccc(OC)n1. The summed E-state index contributed by atoms with van der Waals surface area (Å²) in [5.74, 6) is 2.37. The van der Waals surface area contributed by atoms with Gasteiger partial charge in [-0.1, -0.05) is 13.0 Å². The van der Waals surface area contributed by atoms with Gasteiger partial charge in [0.25, 0.3) is 0 Å². The zero-order valence-corrected chi connectivity index (χ0v) is 11.8. The number of likely N-dealkylation sites (tertiary alicyclic amines) is 1. The highest BCUT2D eigenvalue weighted by Gasteiger charge is 2.42. The smallest absolute Gasteiger partial charge is 0.213 e. The van der Waals surface area contributed by atoms with Gasteiger partial charge in [0.2, 0.25) is 5.88 Å². The first kappa shape index (κ1) is 12.9. The lowest BCUT2D eigenvalue weighted by Crippen LogP contribution is -2.34. The van der Waals surface area contributed by atoms with E-state index in [0.717, 1.165) is 24.1 Å². The van der Waals surface area contributed by atoms with Crippen molar-refractivity contribution in [3.8, 4) is 5.88 Å². The Bertz CT molecular complexity index is 437. The number of hydrogen-bond acceptors (Lipinski definition) is 4. The molecule has 0 aromatic carbocycles. The minimum atomic E-state index is 0.702. The fourth-order valence-electron chi connectivity index (χ4n) is 3.72. The van der Waals surface area contributed by atoms with Gasteiger partial charge >= 0.3 is 0 Å². The third kappa shape index (κ3) is 2.47. The number of aromatic nitrogens is 1. The Hall–Kier alpha value is -1.13. The molecule has 104 valence electrons. The lowest BCUT2D eigenvalue weighted by atomic mass is 9.93. The number of nitrogens with zero attached hydrogens (tertiary/aromatic N) is 2. The third-order valence-corrected chi connectivity index (χ3v) is 4.60. The van der Waals surface area contributed by atoms with Crippen LogP contribution in [0.4, 0.5) is 0 Å². The van der Waals surface area contributed by atoms with Crippen molar-refractivity contribution in [2.45, 2.75) is 25.9 Å². The molecule has 3 rings (SSSR count). The fraction of sp³-hybridized carbons (Fsp3) is 0.667. The normalized spacial score (nSPS) is 30.5. The summed E-state index contributed by atoms with van der Waals surface area (Å²) >= 11 is 0. The summed E-state index contributed by atoms with van der Waals surface area (Å²) in [5.41, 5.74) is 1.12. The van der Waals surface area contributed by atoms with Crippen LogP contribution in [0.2, 0.25) is 0 Å². The molecule has 2 aliphatic heterocycles. The maximum Gasteiger partial charge on any atom is 0.213 e. The van der Waals surface area contributed by atoms with Crippen LogP contribution in [-0.4, -0.2) is 42.7 Å². The van der Waals surface area contributed by atoms with Gasteiger partial charge in [-0.25, -0.2) is 4.98 Å². The van der Waals surface area contributed by atoms with E-state index in [9.17, 15) is 0 Å². The van der Waals surface area contributed by atoms with Crippen LogP contribution in [-0.2, 0) is 6.54 Å². The van der Waals surface area contributed by atoms with Gasteiger partial charge in [0.05, 0.1) is 12.8 Å². The molecule has 1 aromatic rings. The molecule has 0 saturated carbocycles. The van der Waals surface area contributed by atoms with Crippen molar-refractivity contribution in [2.24, 2.45) is 11.8 Å². The maximum absolute atomic E-state index is 5.21. The monoisotopic (exact) mass is 261 g/mol. The van der Waals surface area contributed by atoms with Gasteiger partial charge in [0, 0.05) is 25.2 Å². The van der Waals surface area contributed by atoms with Crippen LogP contribution in [0.1, 0.15) is 19.0 Å². The largest absolute Gasteiger partial charge is 0.481 e. The van der Waals surface area contributed by atoms with Crippen molar-refractivity contribution >= 4 is 0 Å². The molecule has 1 N–H and O–H groups in total. The molecule has 0 amide bonds. The maximum atomic E-state index is 5.21. The summed E-state index contributed by atoms with van der Waals surface area (Å²) in [4.78, 5) is 7.15. The second-order valence-electron chi connectivity index (χ2n) is 5.66. The molecule has 0 radical (unpaired) electrons. The molecule has 19 heavy (non-hydrogen) atoms. The first-order valence-electron chi connectivity index (χ1n) is 7.26. The molecule has 1 aromatic heterocycles. The van der Waals surface area contributed by atoms with E-state index < -0.39 is 0 Å². The summed E-state index contributed by atoms with van der Waals surface area (Å²) in [6, 6.07) is 6.74. The molecule has 3 atom stereocenters. The van der Waals surface area contributed by atoms with Crippen molar-refractivity contribution in [3.63, 3.8) is 0 Å². The Kier molecular flexibility index (Phi) is 3.71. The highest BCUT2D eigenvalue weighted by molar-refractivity contribution is 5.16. The average molecular weight is 261 g/mol. The highest BCUT2D eigenvalue weighted by atomic mass is 16.5. The third-order valence-electron chi connectivity index (χ3n) is 4.60. The standard InChI is InChI=1S/C15H23N3O/c1-3-14-13-8-16-7-11(13)9-18(14)10-12-5-4-6-15(17-12)19-2/h4-6,11,13-14,16H,3,7-10H2,1-2H3. The van der Waals surface area contributed by atoms with Gasteiger partial charge in [-0.05, 0) is 37.4 Å². The first-order chi connectivity index (χ1) is 9.31. The molecule has 2 aliphatic rings. The van der Waals surface area contributed by atoms with Crippen molar-refractivity contribution in [2.75, 3.05) is 26.7 Å². The highest BCUT2D eigenvalue weighted by Crippen LogP contribution is 2.35. The Labute approximate surface area is 115 Å². The lowest BCUT2D eigenvalue weighted by molar-refractivity contribution is 0.207. The molecule has 2 fully saturated rings. The van der Waals surface area contributed by atoms with Crippen LogP contribution in [0, 0.1) is 11.8 Å². The van der Waals surface area contributed by atoms with Crippen LogP contribution in [0.3, 0.4) is 0 Å². The van der Waals surface area contributed by atoms with Gasteiger partial charge in [0.1, 0.15) is 0 Å². The van der Waals surface area contributed by atoms with Gasteiger partial charge in [-0.2, -0.15) is 0 Å². The number of hydrogen-bond donors (Lipinski definition) is 1. The molecular weight excluding hydrogens is 238 g/mol. The molecule has 2 saturated heterocycles. The molecule has 3 heterocycles. The molecule has 0 bridgehead atoms. The van der Waals surface area contributed by atoms with Gasteiger partial charge in [-0.3, -0.25) is 4.90 Å². The molecule has 4 nitrogen and oxygen atoms in total. The zero-order valence-electron chi connectivity index (χ0n) is 11.8. The Morgan fingerprint density at radius 1 is 1.42 bits per heavy atom. The number of fused-ring (bicyclic) bond motifs is 1. The van der Waals surface area contributed by atoms with E-state index in [1.54, 1.807) is 7.11 Å². The fourth-order valence-corrected chi connectivity index (χ4v) is 3.72. The van der Waals surface area contributed by atoms with Crippen molar-refractivity contribution < 1.29 is 4.74 Å². The van der Waals surface area contributed by atoms with E-state index >= 15 is 0 Å². The second-order valence-corrected chi connectivity index (χ2v) is 5.66. The Balaban J connectivity index is 1.72. The molecule has 0 spiro atoms. The van der Waals surface area contributed by atoms with Crippen LogP contribution < -0.4 is 10.1 Å². The minimum absolute atomic E-state index is 0.702. The van der Waals surface area contributed by atoms with Gasteiger partial charge in [0.15, 0.2) is 0 Å². The Morgan fingerprint density at radius 2 is 2.32 bits per heavy atom. The van der Waals surface area contributed by atoms with E-state index in [1.807, 2.05) is 12.1 Å². The lowest BCUT2D eigenvalue weighted by Gasteiger charge is -2.26. The van der Waals surface area contributed by atoms with Crippen molar-refractivity contribution in [1.29, 1.82) is 0 Å². The number of nitrogens with one attached hydrogen (secondary N) is 1. The topological polar surface area (TPSA) is 37.4 Å². The first-order valence-corrected chi connectivity index (χ1v) is 7.26. The van der Waals surface area contributed by atoms with E-state index in [0.29, 0.717) is 11.9 Å². The van der Waals surface area contributed by atoms with Crippen LogP contribution in [0.25, 0.3) is 0 Å². The predicted octanol–water partition coefficient (Wildman–Crippen LogP) is 1.52. The number of methoxy groups -OCH3 is 1. The van der Waals surface area contributed by atoms with Crippen molar-refractivity contribution in [1.82, 2.24) is 15.2 Å². The van der Waals surface area contributed by atoms with E-state index in [1.165, 1.54) is 26.1 Å². The Morgan fingerprint density at radius 3 is 3.11 bits per heavy atom. The summed E-state index contributed by atoms with van der Waals surface area (Å²) in [6.07, 6.45) is 1.23. The zero-order chi connectivity index (χ0) is 13.2. The van der Waals surface area contributed by atoms with Crippen LogP contribution in [0.15, 0.2) is 18.2 Å². The summed E-state index contributed by atoms with van der Waals surface area (Å²) in [5, 5.41) is 3.53. The second kappa shape index (κ2) is 5.47. The number of rotatable bonds is 4. The summed E-state index contributed by atoms with van der Waals surface area (Å²) in [6.45, 7) is 6.82. The van der Waals surface area contributed by atoms with E-state index in [-0.39, 0.29) is 0 Å². The van der Waals surface area contributed by atoms with Gasteiger partial charge < -0.3 is 10.1 Å². The molecule has 0 aliphatic carbocycles. The average Bonchev–Trinajstić information content (AvgIpc) is 2.99. The van der Waals surface area contributed by atoms with Gasteiger partial charge in [-0.15, -0.1) is 0 Å². The number of pyridine rings is 1. The molecule has 4 heteroatoms.